The molecule has 2 unspecified atom stereocenters. The molecule has 1 aromatic rings. The first kappa shape index (κ1) is 17.1. The van der Waals surface area contributed by atoms with Crippen molar-refractivity contribution in [3.8, 4) is 6.07 Å². The largest absolute Gasteiger partial charge is 0.480 e. The first-order valence-corrected chi connectivity index (χ1v) is 7.30. The number of aliphatic hydroxyl groups is 2. The quantitative estimate of drug-likeness (QED) is 0.523. The molecule has 21 heavy (non-hydrogen) atoms. The number of sulfonamides is 1. The average Bonchev–Trinajstić information content (AvgIpc) is 2.45. The second kappa shape index (κ2) is 7.14. The molecule has 1 aromatic carbocycles. The maximum Gasteiger partial charge on any atom is 0.318 e. The van der Waals surface area contributed by atoms with Crippen molar-refractivity contribution in [3.63, 3.8) is 0 Å². The van der Waals surface area contributed by atoms with E-state index in [1.54, 1.807) is 6.07 Å². The maximum absolute atomic E-state index is 11.7. The Labute approximate surface area is 121 Å². The van der Waals surface area contributed by atoms with Gasteiger partial charge in [0.05, 0.1) is 23.5 Å². The molecule has 8 nitrogen and oxygen atoms in total. The molecule has 0 amide bonds. The third-order valence-electron chi connectivity index (χ3n) is 2.61. The van der Waals surface area contributed by atoms with Gasteiger partial charge in [0.15, 0.2) is 0 Å². The topological polar surface area (TPSA) is 148 Å². The van der Waals surface area contributed by atoms with Crippen LogP contribution in [-0.4, -0.2) is 42.4 Å². The number of nitrogens with zero attached hydrogens (tertiary/aromatic N) is 1. The molecule has 0 fully saturated rings. The third-order valence-corrected chi connectivity index (χ3v) is 4.03. The molecule has 0 aliphatic carbocycles. The van der Waals surface area contributed by atoms with Crippen LogP contribution in [0.1, 0.15) is 18.1 Å². The van der Waals surface area contributed by atoms with Crippen LogP contribution in [0.4, 0.5) is 0 Å². The van der Waals surface area contributed by atoms with Gasteiger partial charge in [-0.25, -0.2) is 8.42 Å². The highest BCUT2D eigenvalue weighted by molar-refractivity contribution is 7.89. The van der Waals surface area contributed by atoms with Crippen LogP contribution in [0.5, 0.6) is 0 Å². The van der Waals surface area contributed by atoms with Gasteiger partial charge < -0.3 is 15.3 Å². The zero-order valence-electron chi connectivity index (χ0n) is 10.8. The molecule has 1 rings (SSSR count). The van der Waals surface area contributed by atoms with E-state index >= 15 is 0 Å². The van der Waals surface area contributed by atoms with E-state index < -0.39 is 34.7 Å². The highest BCUT2D eigenvalue weighted by Gasteiger charge is 2.20. The van der Waals surface area contributed by atoms with Gasteiger partial charge in [-0.1, -0.05) is 12.1 Å². The lowest BCUT2D eigenvalue weighted by Crippen LogP contribution is -2.29. The Morgan fingerprint density at radius 3 is 2.33 bits per heavy atom. The van der Waals surface area contributed by atoms with E-state index in [1.807, 2.05) is 4.72 Å². The molecule has 0 saturated carbocycles. The maximum atomic E-state index is 11.7. The lowest BCUT2D eigenvalue weighted by atomic mass is 10.0. The van der Waals surface area contributed by atoms with Crippen molar-refractivity contribution in [3.05, 3.63) is 29.8 Å². The molecule has 4 N–H and O–H groups in total. The summed E-state index contributed by atoms with van der Waals surface area (Å²) in [6.45, 7) is -0.742. The summed E-state index contributed by atoms with van der Waals surface area (Å²) in [5, 5.41) is 36.1. The fraction of sp³-hybridized carbons (Fsp3) is 0.333. The molecule has 0 aliphatic heterocycles. The Hall–Kier alpha value is -1.99. The molecule has 0 heterocycles. The summed E-state index contributed by atoms with van der Waals surface area (Å²) in [4.78, 5) is 10.2. The molecule has 2 atom stereocenters. The minimum atomic E-state index is -3.96. The van der Waals surface area contributed by atoms with E-state index in [0.29, 0.717) is 0 Å². The van der Waals surface area contributed by atoms with Gasteiger partial charge in [-0.2, -0.15) is 9.98 Å². The van der Waals surface area contributed by atoms with Crippen molar-refractivity contribution >= 4 is 16.0 Å². The predicted molar refractivity (Wildman–Crippen MR) is 70.5 cm³/mol. The van der Waals surface area contributed by atoms with Gasteiger partial charge in [-0.15, -0.1) is 0 Å². The number of nitriles is 1. The number of benzene rings is 1. The zero-order chi connectivity index (χ0) is 16.0. The minimum absolute atomic E-state index is 0.172. The van der Waals surface area contributed by atoms with Crippen molar-refractivity contribution in [2.24, 2.45) is 0 Å². The molecule has 0 bridgehead atoms. The standard InChI is InChI=1S/C12H14N2O6S/c13-6-5-10(15)12(18)8-1-3-9(4-2-8)21(19,20)14-7-11(16)17/h1-4,10,12,14-15,18H,5,7H2,(H,16,17). The Balaban J connectivity index is 2.87. The van der Waals surface area contributed by atoms with E-state index in [0.717, 1.165) is 0 Å². The summed E-state index contributed by atoms with van der Waals surface area (Å²) in [6.07, 6.45) is -2.85. The monoisotopic (exact) mass is 314 g/mol. The third kappa shape index (κ3) is 4.80. The number of hydrogen-bond donors (Lipinski definition) is 4. The summed E-state index contributed by atoms with van der Waals surface area (Å²) in [7, 11) is -3.96. The van der Waals surface area contributed by atoms with E-state index in [1.165, 1.54) is 24.3 Å². The van der Waals surface area contributed by atoms with Gasteiger partial charge in [-0.3, -0.25) is 4.79 Å². The van der Waals surface area contributed by atoms with Crippen molar-refractivity contribution < 1.29 is 28.5 Å². The Morgan fingerprint density at radius 2 is 1.86 bits per heavy atom. The number of nitrogens with one attached hydrogen (secondary N) is 1. The number of hydrogen-bond acceptors (Lipinski definition) is 6. The van der Waals surface area contributed by atoms with Crippen LogP contribution in [0.15, 0.2) is 29.2 Å². The van der Waals surface area contributed by atoms with Crippen LogP contribution in [-0.2, 0) is 14.8 Å². The summed E-state index contributed by atoms with van der Waals surface area (Å²) in [5.41, 5.74) is 0.245. The van der Waals surface area contributed by atoms with Crippen LogP contribution < -0.4 is 4.72 Å². The van der Waals surface area contributed by atoms with Crippen LogP contribution in [0, 0.1) is 11.3 Å². The lowest BCUT2D eigenvalue weighted by Gasteiger charge is -2.15. The molecule has 114 valence electrons. The summed E-state index contributed by atoms with van der Waals surface area (Å²) in [5.74, 6) is -1.31. The van der Waals surface area contributed by atoms with Crippen molar-refractivity contribution in [1.29, 1.82) is 5.26 Å². The molecule has 0 saturated heterocycles. The van der Waals surface area contributed by atoms with Crippen LogP contribution in [0.3, 0.4) is 0 Å². The molecule has 0 radical (unpaired) electrons. The van der Waals surface area contributed by atoms with Gasteiger partial charge in [0.25, 0.3) is 0 Å². The fourth-order valence-electron chi connectivity index (χ4n) is 1.51. The molecular formula is C12H14N2O6S. The second-order valence-electron chi connectivity index (χ2n) is 4.16. The van der Waals surface area contributed by atoms with Gasteiger partial charge in [-0.05, 0) is 17.7 Å². The number of carboxylic acids is 1. The van der Waals surface area contributed by atoms with E-state index in [4.69, 9.17) is 10.4 Å². The SMILES string of the molecule is N#CCC(O)C(O)c1ccc(S(=O)(=O)NCC(=O)O)cc1. The normalized spacial score (nSPS) is 14.1. The van der Waals surface area contributed by atoms with Gasteiger partial charge >= 0.3 is 5.97 Å². The zero-order valence-corrected chi connectivity index (χ0v) is 11.6. The Morgan fingerprint density at radius 1 is 1.29 bits per heavy atom. The summed E-state index contributed by atoms with van der Waals surface area (Å²) >= 11 is 0. The number of carbonyl (C=O) groups is 1. The van der Waals surface area contributed by atoms with Crippen LogP contribution in [0.2, 0.25) is 0 Å². The smallest absolute Gasteiger partial charge is 0.318 e. The van der Waals surface area contributed by atoms with Gasteiger partial charge in [0, 0.05) is 0 Å². The first-order valence-electron chi connectivity index (χ1n) is 5.82. The van der Waals surface area contributed by atoms with Crippen molar-refractivity contribution in [2.75, 3.05) is 6.54 Å². The van der Waals surface area contributed by atoms with Crippen LogP contribution >= 0.6 is 0 Å². The van der Waals surface area contributed by atoms with Gasteiger partial charge in [0.2, 0.25) is 10.0 Å². The highest BCUT2D eigenvalue weighted by atomic mass is 32.2. The first-order chi connectivity index (χ1) is 9.77. The average molecular weight is 314 g/mol. The summed E-state index contributed by atoms with van der Waals surface area (Å²) in [6, 6.07) is 6.60. The minimum Gasteiger partial charge on any atom is -0.480 e. The predicted octanol–water partition coefficient (Wildman–Crippen LogP) is -0.643. The molecule has 0 spiro atoms. The van der Waals surface area contributed by atoms with E-state index in [2.05, 4.69) is 0 Å². The van der Waals surface area contributed by atoms with E-state index in [9.17, 15) is 23.4 Å². The van der Waals surface area contributed by atoms with Crippen LogP contribution in [0.25, 0.3) is 0 Å². The molecule has 0 aliphatic rings. The fourth-order valence-corrected chi connectivity index (χ4v) is 2.49. The lowest BCUT2D eigenvalue weighted by molar-refractivity contribution is -0.135. The molecular weight excluding hydrogens is 300 g/mol. The number of aliphatic carboxylic acids is 1. The number of carboxylic acid groups (broad SMARTS) is 1. The molecule has 9 heteroatoms. The Bertz CT molecular complexity index is 635. The molecule has 0 aromatic heterocycles. The second-order valence-corrected chi connectivity index (χ2v) is 5.93. The summed E-state index contributed by atoms with van der Waals surface area (Å²) < 4.78 is 25.3. The van der Waals surface area contributed by atoms with Crippen molar-refractivity contribution in [2.45, 2.75) is 23.5 Å². The van der Waals surface area contributed by atoms with Gasteiger partial charge in [0.1, 0.15) is 12.6 Å². The number of aliphatic hydroxyl groups excluding tert-OH is 2. The Kier molecular flexibility index (Phi) is 5.80. The van der Waals surface area contributed by atoms with Crippen molar-refractivity contribution in [1.82, 2.24) is 4.72 Å². The number of rotatable bonds is 7. The van der Waals surface area contributed by atoms with E-state index in [-0.39, 0.29) is 16.9 Å². The highest BCUT2D eigenvalue weighted by Crippen LogP contribution is 2.20.